The van der Waals surface area contributed by atoms with Gasteiger partial charge in [0.05, 0.1) is 6.61 Å². The van der Waals surface area contributed by atoms with Gasteiger partial charge in [0.15, 0.2) is 0 Å². The average molecular weight is 375 g/mol. The van der Waals surface area contributed by atoms with Crippen molar-refractivity contribution in [3.63, 3.8) is 0 Å². The van der Waals surface area contributed by atoms with Crippen LogP contribution in [0.1, 0.15) is 81.4 Å². The first kappa shape index (κ1) is 20.5. The van der Waals surface area contributed by atoms with Gasteiger partial charge < -0.3 is 4.74 Å². The maximum Gasteiger partial charge on any atom is 0.119 e. The van der Waals surface area contributed by atoms with Crippen molar-refractivity contribution in [2.45, 2.75) is 71.1 Å². The molecular weight excluding hydrogens is 340 g/mol. The highest BCUT2D eigenvalue weighted by Crippen LogP contribution is 2.35. The van der Waals surface area contributed by atoms with E-state index < -0.39 is 0 Å². The van der Waals surface area contributed by atoms with Crippen molar-refractivity contribution in [3.05, 3.63) is 65.2 Å². The summed E-state index contributed by atoms with van der Waals surface area (Å²) in [6.45, 7) is 5.15. The van der Waals surface area contributed by atoms with Gasteiger partial charge in [0.1, 0.15) is 5.75 Å². The number of ether oxygens (including phenoxy) is 1. The van der Waals surface area contributed by atoms with Gasteiger partial charge in [-0.25, -0.2) is 0 Å². The van der Waals surface area contributed by atoms with E-state index in [1.165, 1.54) is 56.1 Å². The van der Waals surface area contributed by atoms with Crippen LogP contribution in [0.5, 0.6) is 5.75 Å². The van der Waals surface area contributed by atoms with E-state index in [1.54, 1.807) is 0 Å². The maximum absolute atomic E-state index is 5.64. The molecule has 2 aromatic rings. The van der Waals surface area contributed by atoms with Crippen molar-refractivity contribution in [1.82, 2.24) is 0 Å². The summed E-state index contributed by atoms with van der Waals surface area (Å²) in [5, 5.41) is 0. The Morgan fingerprint density at radius 3 is 2.21 bits per heavy atom. The second kappa shape index (κ2) is 11.0. The third-order valence-electron chi connectivity index (χ3n) is 5.75. The maximum atomic E-state index is 5.64. The number of hydrogen-bond acceptors (Lipinski definition) is 1. The van der Waals surface area contributed by atoms with Crippen LogP contribution < -0.4 is 4.74 Å². The lowest BCUT2D eigenvalue weighted by Gasteiger charge is -2.26. The Morgan fingerprint density at radius 2 is 1.57 bits per heavy atom. The minimum absolute atomic E-state index is 0.538. The van der Waals surface area contributed by atoms with E-state index in [2.05, 4.69) is 62.1 Å². The lowest BCUT2D eigenvalue weighted by atomic mass is 9.78. The molecule has 0 unspecified atom stereocenters. The van der Waals surface area contributed by atoms with E-state index in [9.17, 15) is 0 Å². The number of unbranched alkanes of at least 4 members (excludes halogenated alkanes) is 1. The molecular formula is C27H34O. The quantitative estimate of drug-likeness (QED) is 0.468. The van der Waals surface area contributed by atoms with E-state index >= 15 is 0 Å². The fourth-order valence-electron chi connectivity index (χ4n) is 3.95. The molecule has 0 bridgehead atoms. The molecule has 0 heterocycles. The van der Waals surface area contributed by atoms with Crippen LogP contribution in [0.25, 0.3) is 0 Å². The molecule has 0 amide bonds. The van der Waals surface area contributed by atoms with Gasteiger partial charge >= 0.3 is 0 Å². The summed E-state index contributed by atoms with van der Waals surface area (Å²) < 4.78 is 5.64. The lowest BCUT2D eigenvalue weighted by Crippen LogP contribution is -2.12. The molecule has 28 heavy (non-hydrogen) atoms. The second-order valence-electron chi connectivity index (χ2n) is 8.04. The molecule has 3 rings (SSSR count). The van der Waals surface area contributed by atoms with Gasteiger partial charge in [0.2, 0.25) is 0 Å². The summed E-state index contributed by atoms with van der Waals surface area (Å²) >= 11 is 0. The van der Waals surface area contributed by atoms with Crippen molar-refractivity contribution in [3.8, 4) is 17.6 Å². The first-order valence-electron chi connectivity index (χ1n) is 11.1. The fraction of sp³-hybridized carbons (Fsp3) is 0.481. The molecule has 0 spiro atoms. The van der Waals surface area contributed by atoms with Crippen LogP contribution in [-0.4, -0.2) is 6.61 Å². The van der Waals surface area contributed by atoms with Crippen LogP contribution in [0, 0.1) is 17.8 Å². The van der Waals surface area contributed by atoms with Gasteiger partial charge in [-0.2, -0.15) is 0 Å². The SMILES string of the molecule is CCCCc1ccc(C2CCC(C#Cc3ccc(OCCC)cc3)CC2)cc1. The zero-order valence-electron chi connectivity index (χ0n) is 17.5. The van der Waals surface area contributed by atoms with Gasteiger partial charge in [-0.1, -0.05) is 56.4 Å². The van der Waals surface area contributed by atoms with Crippen molar-refractivity contribution in [1.29, 1.82) is 0 Å². The van der Waals surface area contributed by atoms with E-state index in [1.807, 2.05) is 12.1 Å². The normalized spacial score (nSPS) is 18.9. The minimum Gasteiger partial charge on any atom is -0.494 e. The van der Waals surface area contributed by atoms with Crippen molar-refractivity contribution < 1.29 is 4.74 Å². The van der Waals surface area contributed by atoms with Crippen LogP contribution in [0.4, 0.5) is 0 Å². The molecule has 0 aliphatic heterocycles. The van der Waals surface area contributed by atoms with Gasteiger partial charge in [-0.15, -0.1) is 0 Å². The molecule has 1 fully saturated rings. The minimum atomic E-state index is 0.538. The number of benzene rings is 2. The van der Waals surface area contributed by atoms with Crippen LogP contribution in [0.3, 0.4) is 0 Å². The number of hydrogen-bond donors (Lipinski definition) is 0. The van der Waals surface area contributed by atoms with Crippen molar-refractivity contribution in [2.24, 2.45) is 5.92 Å². The third kappa shape index (κ3) is 6.16. The van der Waals surface area contributed by atoms with E-state index in [0.717, 1.165) is 24.3 Å². The molecule has 0 N–H and O–H groups in total. The summed E-state index contributed by atoms with van der Waals surface area (Å²) in [5.41, 5.74) is 4.10. The van der Waals surface area contributed by atoms with E-state index in [4.69, 9.17) is 4.74 Å². The second-order valence-corrected chi connectivity index (χ2v) is 8.04. The summed E-state index contributed by atoms with van der Waals surface area (Å²) in [6, 6.07) is 17.6. The molecule has 1 nitrogen and oxygen atoms in total. The Bertz CT molecular complexity index is 753. The highest BCUT2D eigenvalue weighted by Gasteiger charge is 2.21. The summed E-state index contributed by atoms with van der Waals surface area (Å²) in [5.74, 6) is 9.08. The zero-order valence-corrected chi connectivity index (χ0v) is 17.5. The zero-order chi connectivity index (χ0) is 19.6. The first-order valence-corrected chi connectivity index (χ1v) is 11.1. The molecule has 0 radical (unpaired) electrons. The molecule has 1 aliphatic rings. The Morgan fingerprint density at radius 1 is 0.857 bits per heavy atom. The van der Waals surface area contributed by atoms with E-state index in [-0.39, 0.29) is 0 Å². The predicted octanol–water partition coefficient (Wildman–Crippen LogP) is 7.14. The average Bonchev–Trinajstić information content (AvgIpc) is 2.76. The van der Waals surface area contributed by atoms with Crippen molar-refractivity contribution >= 4 is 0 Å². The van der Waals surface area contributed by atoms with Crippen LogP contribution in [0.15, 0.2) is 48.5 Å². The summed E-state index contributed by atoms with van der Waals surface area (Å²) in [6.07, 6.45) is 9.76. The Labute approximate surface area is 171 Å². The first-order chi connectivity index (χ1) is 13.8. The van der Waals surface area contributed by atoms with Crippen LogP contribution in [0.2, 0.25) is 0 Å². The smallest absolute Gasteiger partial charge is 0.119 e. The molecule has 1 aliphatic carbocycles. The molecule has 1 heteroatoms. The van der Waals surface area contributed by atoms with Gasteiger partial charge in [-0.05, 0) is 86.3 Å². The Hall–Kier alpha value is -2.20. The van der Waals surface area contributed by atoms with Gasteiger partial charge in [0, 0.05) is 11.5 Å². The summed E-state index contributed by atoms with van der Waals surface area (Å²) in [7, 11) is 0. The topological polar surface area (TPSA) is 9.23 Å². The lowest BCUT2D eigenvalue weighted by molar-refractivity contribution is 0.317. The fourth-order valence-corrected chi connectivity index (χ4v) is 3.95. The van der Waals surface area contributed by atoms with Crippen LogP contribution in [-0.2, 0) is 6.42 Å². The molecule has 2 aromatic carbocycles. The Balaban J connectivity index is 1.48. The van der Waals surface area contributed by atoms with Crippen LogP contribution >= 0.6 is 0 Å². The standard InChI is InChI=1S/C27H34O/c1-3-5-6-22-9-15-25(16-10-22)26-17-11-23(12-18-26)7-8-24-13-19-27(20-14-24)28-21-4-2/h9-10,13-16,19-20,23,26H,3-6,11-12,17-18,21H2,1-2H3. The monoisotopic (exact) mass is 374 g/mol. The molecule has 148 valence electrons. The van der Waals surface area contributed by atoms with E-state index in [0.29, 0.717) is 11.8 Å². The number of aryl methyl sites for hydroxylation is 1. The highest BCUT2D eigenvalue weighted by molar-refractivity contribution is 5.38. The van der Waals surface area contributed by atoms with Gasteiger partial charge in [0.25, 0.3) is 0 Å². The van der Waals surface area contributed by atoms with Gasteiger partial charge in [-0.3, -0.25) is 0 Å². The van der Waals surface area contributed by atoms with Crippen molar-refractivity contribution in [2.75, 3.05) is 6.61 Å². The molecule has 0 atom stereocenters. The highest BCUT2D eigenvalue weighted by atomic mass is 16.5. The predicted molar refractivity (Wildman–Crippen MR) is 119 cm³/mol. The molecule has 1 saturated carbocycles. The molecule has 0 saturated heterocycles. The summed E-state index contributed by atoms with van der Waals surface area (Å²) in [4.78, 5) is 0. The number of rotatable bonds is 7. The molecule has 0 aromatic heterocycles. The Kier molecular flexibility index (Phi) is 8.04. The third-order valence-corrected chi connectivity index (χ3v) is 5.75. The largest absolute Gasteiger partial charge is 0.494 e.